The van der Waals surface area contributed by atoms with Crippen molar-refractivity contribution < 1.29 is 13.5 Å². The summed E-state index contributed by atoms with van der Waals surface area (Å²) in [5.74, 6) is 0.279. The van der Waals surface area contributed by atoms with Gasteiger partial charge in [-0.2, -0.15) is 8.78 Å². The minimum Gasteiger partial charge on any atom is -0.435 e. The van der Waals surface area contributed by atoms with Gasteiger partial charge in [0.05, 0.1) is 0 Å². The molecule has 1 aliphatic heterocycles. The van der Waals surface area contributed by atoms with Gasteiger partial charge in [0, 0.05) is 6.04 Å². The number of ether oxygens (including phenoxy) is 1. The summed E-state index contributed by atoms with van der Waals surface area (Å²) in [6.45, 7) is -0.00171. The van der Waals surface area contributed by atoms with Crippen molar-refractivity contribution in [1.82, 2.24) is 5.32 Å². The molecule has 0 saturated carbocycles. The third-order valence-corrected chi connectivity index (χ3v) is 2.89. The van der Waals surface area contributed by atoms with Gasteiger partial charge in [-0.1, -0.05) is 12.1 Å². The number of alkyl halides is 2. The normalized spacial score (nSPS) is 20.4. The summed E-state index contributed by atoms with van der Waals surface area (Å²) in [5.41, 5.74) is 1.76. The Hall–Kier alpha value is -1.16. The molecule has 0 bridgehead atoms. The smallest absolute Gasteiger partial charge is 0.387 e. The van der Waals surface area contributed by atoms with Gasteiger partial charge in [0.15, 0.2) is 0 Å². The Morgan fingerprint density at radius 3 is 2.88 bits per heavy atom. The van der Waals surface area contributed by atoms with Crippen molar-refractivity contribution in [2.24, 2.45) is 0 Å². The highest BCUT2D eigenvalue weighted by atomic mass is 19.3. The van der Waals surface area contributed by atoms with Crippen LogP contribution in [0.5, 0.6) is 5.75 Å². The zero-order chi connectivity index (χ0) is 11.5. The molecule has 1 aromatic carbocycles. The van der Waals surface area contributed by atoms with E-state index >= 15 is 0 Å². The lowest BCUT2D eigenvalue weighted by Gasteiger charge is -2.14. The third kappa shape index (κ3) is 2.50. The maximum atomic E-state index is 12.2. The predicted molar refractivity (Wildman–Crippen MR) is 57.8 cm³/mol. The van der Waals surface area contributed by atoms with Gasteiger partial charge >= 0.3 is 6.61 Å². The molecule has 1 heterocycles. The molecule has 0 spiro atoms. The topological polar surface area (TPSA) is 21.3 Å². The average Bonchev–Trinajstić information content (AvgIpc) is 2.73. The molecule has 88 valence electrons. The van der Waals surface area contributed by atoms with E-state index < -0.39 is 6.61 Å². The lowest BCUT2D eigenvalue weighted by Crippen LogP contribution is -2.13. The fourth-order valence-corrected chi connectivity index (χ4v) is 2.03. The lowest BCUT2D eigenvalue weighted by atomic mass is 10.0. The van der Waals surface area contributed by atoms with E-state index in [1.807, 2.05) is 12.1 Å². The molecular weight excluding hydrogens is 212 g/mol. The second-order valence-corrected chi connectivity index (χ2v) is 4.05. The molecule has 1 saturated heterocycles. The van der Waals surface area contributed by atoms with Crippen LogP contribution in [0.2, 0.25) is 0 Å². The number of benzene rings is 1. The van der Waals surface area contributed by atoms with Crippen LogP contribution in [0.1, 0.15) is 30.0 Å². The summed E-state index contributed by atoms with van der Waals surface area (Å²) in [6, 6.07) is 5.79. The molecule has 0 aliphatic carbocycles. The standard InChI is InChI=1S/C12H15F2NO/c1-8-4-5-9(10-3-2-6-15-10)7-11(8)16-12(13)14/h4-5,7,10,12,15H,2-3,6H2,1H3. The van der Waals surface area contributed by atoms with Crippen molar-refractivity contribution in [1.29, 1.82) is 0 Å². The molecule has 1 unspecified atom stereocenters. The predicted octanol–water partition coefficient (Wildman–Crippen LogP) is 3.02. The monoisotopic (exact) mass is 227 g/mol. The minimum atomic E-state index is -2.76. The highest BCUT2D eigenvalue weighted by molar-refractivity contribution is 5.38. The average molecular weight is 227 g/mol. The van der Waals surface area contributed by atoms with Crippen molar-refractivity contribution in [3.63, 3.8) is 0 Å². The van der Waals surface area contributed by atoms with Crippen LogP contribution in [-0.2, 0) is 0 Å². The number of halogens is 2. The molecule has 2 rings (SSSR count). The van der Waals surface area contributed by atoms with E-state index in [2.05, 4.69) is 10.1 Å². The number of nitrogens with one attached hydrogen (secondary N) is 1. The van der Waals surface area contributed by atoms with Crippen LogP contribution in [0.25, 0.3) is 0 Å². The first-order valence-corrected chi connectivity index (χ1v) is 5.45. The Labute approximate surface area is 93.6 Å². The SMILES string of the molecule is Cc1ccc(C2CCCN2)cc1OC(F)F. The van der Waals surface area contributed by atoms with Crippen LogP contribution in [0, 0.1) is 6.92 Å². The minimum absolute atomic E-state index is 0.278. The van der Waals surface area contributed by atoms with Crippen molar-refractivity contribution in [3.05, 3.63) is 29.3 Å². The van der Waals surface area contributed by atoms with Gasteiger partial charge in [0.2, 0.25) is 0 Å². The number of hydrogen-bond acceptors (Lipinski definition) is 2. The summed E-state index contributed by atoms with van der Waals surface area (Å²) in [7, 11) is 0. The fraction of sp³-hybridized carbons (Fsp3) is 0.500. The van der Waals surface area contributed by atoms with Crippen molar-refractivity contribution in [2.45, 2.75) is 32.4 Å². The number of aryl methyl sites for hydroxylation is 1. The van der Waals surface area contributed by atoms with Gasteiger partial charge in [-0.25, -0.2) is 0 Å². The molecule has 1 atom stereocenters. The third-order valence-electron chi connectivity index (χ3n) is 2.89. The number of rotatable bonds is 3. The molecule has 1 fully saturated rings. The summed E-state index contributed by atoms with van der Waals surface area (Å²) in [5, 5.41) is 3.33. The summed E-state index contributed by atoms with van der Waals surface area (Å²) in [4.78, 5) is 0. The molecule has 0 radical (unpaired) electrons. The van der Waals surface area contributed by atoms with Crippen LogP contribution >= 0.6 is 0 Å². The van der Waals surface area contributed by atoms with Gasteiger partial charge in [-0.3, -0.25) is 0 Å². The molecule has 0 aromatic heterocycles. The number of hydrogen-bond donors (Lipinski definition) is 1. The Bertz CT molecular complexity index is 362. The van der Waals surface area contributed by atoms with Gasteiger partial charge in [0.1, 0.15) is 5.75 Å². The highest BCUT2D eigenvalue weighted by Gasteiger charge is 2.17. The zero-order valence-electron chi connectivity index (χ0n) is 9.17. The molecule has 1 N–H and O–H groups in total. The van der Waals surface area contributed by atoms with E-state index in [9.17, 15) is 8.78 Å². The van der Waals surface area contributed by atoms with E-state index in [0.29, 0.717) is 0 Å². The largest absolute Gasteiger partial charge is 0.435 e. The van der Waals surface area contributed by atoms with Gasteiger partial charge in [-0.05, 0) is 43.5 Å². The first kappa shape index (κ1) is 11.3. The first-order valence-electron chi connectivity index (χ1n) is 5.45. The van der Waals surface area contributed by atoms with Crippen LogP contribution in [-0.4, -0.2) is 13.2 Å². The highest BCUT2D eigenvalue weighted by Crippen LogP contribution is 2.28. The van der Waals surface area contributed by atoms with Crippen LogP contribution in [0.3, 0.4) is 0 Å². The Kier molecular flexibility index (Phi) is 3.39. The molecule has 1 aromatic rings. The van der Waals surface area contributed by atoms with E-state index in [0.717, 1.165) is 30.5 Å². The second kappa shape index (κ2) is 4.78. The van der Waals surface area contributed by atoms with Crippen molar-refractivity contribution >= 4 is 0 Å². The van der Waals surface area contributed by atoms with E-state index in [1.165, 1.54) is 0 Å². The van der Waals surface area contributed by atoms with Gasteiger partial charge < -0.3 is 10.1 Å². The zero-order valence-corrected chi connectivity index (χ0v) is 9.17. The van der Waals surface area contributed by atoms with Crippen LogP contribution < -0.4 is 10.1 Å². The first-order chi connectivity index (χ1) is 7.66. The quantitative estimate of drug-likeness (QED) is 0.857. The Morgan fingerprint density at radius 2 is 2.25 bits per heavy atom. The Morgan fingerprint density at radius 1 is 1.44 bits per heavy atom. The van der Waals surface area contributed by atoms with E-state index in [-0.39, 0.29) is 11.8 Å². The Balaban J connectivity index is 2.20. The van der Waals surface area contributed by atoms with Crippen molar-refractivity contribution in [3.8, 4) is 5.75 Å². The van der Waals surface area contributed by atoms with Crippen LogP contribution in [0.4, 0.5) is 8.78 Å². The van der Waals surface area contributed by atoms with E-state index in [1.54, 1.807) is 13.0 Å². The molecular formula is C12H15F2NO. The fourth-order valence-electron chi connectivity index (χ4n) is 2.03. The molecule has 4 heteroatoms. The van der Waals surface area contributed by atoms with E-state index in [4.69, 9.17) is 0 Å². The van der Waals surface area contributed by atoms with Gasteiger partial charge in [-0.15, -0.1) is 0 Å². The molecule has 1 aliphatic rings. The second-order valence-electron chi connectivity index (χ2n) is 4.05. The van der Waals surface area contributed by atoms with Crippen LogP contribution in [0.15, 0.2) is 18.2 Å². The molecule has 2 nitrogen and oxygen atoms in total. The molecule has 0 amide bonds. The maximum absolute atomic E-state index is 12.2. The lowest BCUT2D eigenvalue weighted by molar-refractivity contribution is -0.0503. The van der Waals surface area contributed by atoms with Crippen molar-refractivity contribution in [2.75, 3.05) is 6.54 Å². The van der Waals surface area contributed by atoms with Gasteiger partial charge in [0.25, 0.3) is 0 Å². The summed E-state index contributed by atoms with van der Waals surface area (Å²) >= 11 is 0. The molecule has 16 heavy (non-hydrogen) atoms. The summed E-state index contributed by atoms with van der Waals surface area (Å²) < 4.78 is 28.8. The summed E-state index contributed by atoms with van der Waals surface area (Å²) in [6.07, 6.45) is 2.18. The maximum Gasteiger partial charge on any atom is 0.387 e.